The fourth-order valence-electron chi connectivity index (χ4n) is 3.89. The van der Waals surface area contributed by atoms with Crippen LogP contribution in [0.2, 0.25) is 0 Å². The van der Waals surface area contributed by atoms with Gasteiger partial charge < -0.3 is 4.90 Å². The van der Waals surface area contributed by atoms with E-state index in [0.717, 1.165) is 35.2 Å². The number of thioether (sulfide) groups is 1. The van der Waals surface area contributed by atoms with Gasteiger partial charge in [-0.3, -0.25) is 4.79 Å². The minimum atomic E-state index is 0.251. The number of likely N-dealkylation sites (tertiary alicyclic amines) is 1. The van der Waals surface area contributed by atoms with Crippen molar-refractivity contribution in [3.8, 4) is 0 Å². The molecule has 0 radical (unpaired) electrons. The summed E-state index contributed by atoms with van der Waals surface area (Å²) in [5.41, 5.74) is 3.08. The van der Waals surface area contributed by atoms with Crippen molar-refractivity contribution in [2.45, 2.75) is 52.1 Å². The molecule has 0 bridgehead atoms. The zero-order valence-corrected chi connectivity index (χ0v) is 16.6. The number of hydrogen-bond donors (Lipinski definition) is 0. The van der Waals surface area contributed by atoms with Crippen molar-refractivity contribution in [3.63, 3.8) is 0 Å². The zero-order chi connectivity index (χ0) is 18.1. The molecule has 136 valence electrons. The SMILES string of the molecule is CSc1nc2nc(C)c(CCC(=O)N3CC(C)CC(C)C3)c(C)n2n1. The highest BCUT2D eigenvalue weighted by molar-refractivity contribution is 7.98. The maximum Gasteiger partial charge on any atom is 0.253 e. The van der Waals surface area contributed by atoms with E-state index in [1.165, 1.54) is 18.2 Å². The zero-order valence-electron chi connectivity index (χ0n) is 15.7. The quantitative estimate of drug-likeness (QED) is 0.784. The molecular weight excluding hydrogens is 334 g/mol. The number of nitrogens with zero attached hydrogens (tertiary/aromatic N) is 5. The smallest absolute Gasteiger partial charge is 0.253 e. The van der Waals surface area contributed by atoms with E-state index in [2.05, 4.69) is 28.9 Å². The van der Waals surface area contributed by atoms with Crippen LogP contribution in [0.5, 0.6) is 0 Å². The molecule has 0 aliphatic carbocycles. The lowest BCUT2D eigenvalue weighted by Crippen LogP contribution is -2.42. The second-order valence-electron chi connectivity index (χ2n) is 7.32. The molecule has 1 aliphatic rings. The standard InChI is InChI=1S/C18H27N5OS/c1-11-8-12(2)10-22(9-11)16(24)7-6-15-13(3)19-17-20-18(25-5)21-23(17)14(15)4/h11-12H,6-10H2,1-5H3. The largest absolute Gasteiger partial charge is 0.342 e. The minimum absolute atomic E-state index is 0.251. The lowest BCUT2D eigenvalue weighted by atomic mass is 9.91. The molecule has 1 saturated heterocycles. The first kappa shape index (κ1) is 18.2. The number of hydrogen-bond acceptors (Lipinski definition) is 5. The summed E-state index contributed by atoms with van der Waals surface area (Å²) in [7, 11) is 0. The van der Waals surface area contributed by atoms with Gasteiger partial charge in [-0.25, -0.2) is 9.50 Å². The van der Waals surface area contributed by atoms with Gasteiger partial charge in [-0.2, -0.15) is 4.98 Å². The van der Waals surface area contributed by atoms with Gasteiger partial charge in [0.1, 0.15) is 0 Å². The molecule has 1 fully saturated rings. The van der Waals surface area contributed by atoms with Gasteiger partial charge in [0.05, 0.1) is 0 Å². The van der Waals surface area contributed by atoms with Crippen molar-refractivity contribution in [3.05, 3.63) is 17.0 Å². The maximum atomic E-state index is 12.7. The van der Waals surface area contributed by atoms with Gasteiger partial charge in [0, 0.05) is 30.9 Å². The van der Waals surface area contributed by atoms with Gasteiger partial charge in [-0.1, -0.05) is 25.6 Å². The van der Waals surface area contributed by atoms with Crippen LogP contribution in [0, 0.1) is 25.7 Å². The molecule has 0 aromatic carbocycles. The van der Waals surface area contributed by atoms with E-state index in [9.17, 15) is 4.79 Å². The molecule has 0 spiro atoms. The summed E-state index contributed by atoms with van der Waals surface area (Å²) in [5, 5.41) is 5.20. The van der Waals surface area contributed by atoms with E-state index in [4.69, 9.17) is 0 Å². The van der Waals surface area contributed by atoms with Crippen LogP contribution in [-0.2, 0) is 11.2 Å². The van der Waals surface area contributed by atoms with Crippen LogP contribution in [0.15, 0.2) is 5.16 Å². The monoisotopic (exact) mass is 361 g/mol. The molecule has 2 atom stereocenters. The van der Waals surface area contributed by atoms with E-state index in [-0.39, 0.29) is 5.91 Å². The molecule has 2 unspecified atom stereocenters. The van der Waals surface area contributed by atoms with Gasteiger partial charge in [0.25, 0.3) is 5.78 Å². The van der Waals surface area contributed by atoms with E-state index in [0.29, 0.717) is 30.5 Å². The first-order valence-corrected chi connectivity index (χ1v) is 10.2. The van der Waals surface area contributed by atoms with E-state index in [1.54, 1.807) is 4.52 Å². The summed E-state index contributed by atoms with van der Waals surface area (Å²) in [6.45, 7) is 10.3. The molecule has 1 aliphatic heterocycles. The summed E-state index contributed by atoms with van der Waals surface area (Å²) in [5.74, 6) is 2.07. The Morgan fingerprint density at radius 3 is 2.52 bits per heavy atom. The Balaban J connectivity index is 1.75. The Hall–Kier alpha value is -1.63. The molecule has 2 aromatic rings. The fraction of sp³-hybridized carbons (Fsp3) is 0.667. The topological polar surface area (TPSA) is 63.4 Å². The van der Waals surface area contributed by atoms with Crippen LogP contribution in [0.3, 0.4) is 0 Å². The third-order valence-corrected chi connectivity index (χ3v) is 5.56. The second kappa shape index (κ2) is 7.32. The van der Waals surface area contributed by atoms with E-state index in [1.807, 2.05) is 25.0 Å². The van der Waals surface area contributed by atoms with Crippen molar-refractivity contribution in [2.75, 3.05) is 19.3 Å². The molecule has 2 aromatic heterocycles. The first-order chi connectivity index (χ1) is 11.9. The van der Waals surface area contributed by atoms with Crippen LogP contribution in [0.1, 0.15) is 43.6 Å². The van der Waals surface area contributed by atoms with Crippen molar-refractivity contribution in [1.29, 1.82) is 0 Å². The van der Waals surface area contributed by atoms with Gasteiger partial charge >= 0.3 is 0 Å². The Labute approximate surface area is 153 Å². The predicted molar refractivity (Wildman–Crippen MR) is 99.9 cm³/mol. The van der Waals surface area contributed by atoms with Crippen LogP contribution < -0.4 is 0 Å². The highest BCUT2D eigenvalue weighted by atomic mass is 32.2. The van der Waals surface area contributed by atoms with Gasteiger partial charge in [0.15, 0.2) is 0 Å². The van der Waals surface area contributed by atoms with Crippen molar-refractivity contribution < 1.29 is 4.79 Å². The normalized spacial score (nSPS) is 21.1. The van der Waals surface area contributed by atoms with E-state index >= 15 is 0 Å². The van der Waals surface area contributed by atoms with Crippen LogP contribution in [-0.4, -0.2) is 49.7 Å². The third-order valence-electron chi connectivity index (χ3n) is 5.02. The number of amides is 1. The molecule has 0 N–H and O–H groups in total. The molecule has 6 nitrogen and oxygen atoms in total. The predicted octanol–water partition coefficient (Wildman–Crippen LogP) is 2.90. The Morgan fingerprint density at radius 1 is 1.20 bits per heavy atom. The highest BCUT2D eigenvalue weighted by Crippen LogP contribution is 2.23. The molecule has 1 amide bonds. The highest BCUT2D eigenvalue weighted by Gasteiger charge is 2.25. The van der Waals surface area contributed by atoms with Gasteiger partial charge in [0.2, 0.25) is 11.1 Å². The van der Waals surface area contributed by atoms with Crippen molar-refractivity contribution in [1.82, 2.24) is 24.5 Å². The fourth-order valence-corrected chi connectivity index (χ4v) is 4.23. The summed E-state index contributed by atoms with van der Waals surface area (Å²) < 4.78 is 1.80. The van der Waals surface area contributed by atoms with Gasteiger partial charge in [-0.05, 0) is 50.3 Å². The number of carbonyl (C=O) groups excluding carboxylic acids is 1. The average molecular weight is 362 g/mol. The minimum Gasteiger partial charge on any atom is -0.342 e. The molecular formula is C18H27N5OS. The van der Waals surface area contributed by atoms with Crippen molar-refractivity contribution in [2.24, 2.45) is 11.8 Å². The van der Waals surface area contributed by atoms with Crippen LogP contribution >= 0.6 is 11.8 Å². The first-order valence-electron chi connectivity index (χ1n) is 8.93. The second-order valence-corrected chi connectivity index (χ2v) is 8.09. The molecule has 7 heteroatoms. The molecule has 0 saturated carbocycles. The summed E-state index contributed by atoms with van der Waals surface area (Å²) in [6, 6.07) is 0. The lowest BCUT2D eigenvalue weighted by molar-refractivity contribution is -0.133. The van der Waals surface area contributed by atoms with Crippen molar-refractivity contribution >= 4 is 23.4 Å². The lowest BCUT2D eigenvalue weighted by Gasteiger charge is -2.35. The van der Waals surface area contributed by atoms with Gasteiger partial charge in [-0.15, -0.1) is 5.10 Å². The molecule has 25 heavy (non-hydrogen) atoms. The van der Waals surface area contributed by atoms with Crippen LogP contribution in [0.25, 0.3) is 5.78 Å². The number of piperidine rings is 1. The molecule has 3 heterocycles. The third kappa shape index (κ3) is 3.81. The summed E-state index contributed by atoms with van der Waals surface area (Å²) in [6.07, 6.45) is 4.40. The average Bonchev–Trinajstić information content (AvgIpc) is 2.96. The maximum absolute atomic E-state index is 12.7. The number of fused-ring (bicyclic) bond motifs is 1. The number of aryl methyl sites for hydroxylation is 2. The summed E-state index contributed by atoms with van der Waals surface area (Å²) >= 11 is 1.51. The molecule has 3 rings (SSSR count). The number of carbonyl (C=O) groups is 1. The Kier molecular flexibility index (Phi) is 5.32. The van der Waals surface area contributed by atoms with Crippen LogP contribution in [0.4, 0.5) is 0 Å². The van der Waals surface area contributed by atoms with E-state index < -0.39 is 0 Å². The summed E-state index contributed by atoms with van der Waals surface area (Å²) in [4.78, 5) is 23.7. The number of aromatic nitrogens is 4. The number of rotatable bonds is 4. The Morgan fingerprint density at radius 2 is 1.88 bits per heavy atom. The Bertz CT molecular complexity index is 777.